The molecule has 0 aromatic rings. The van der Waals surface area contributed by atoms with Crippen LogP contribution in [0.1, 0.15) is 41.0 Å². The molecule has 1 rings (SSSR count). The van der Waals surface area contributed by atoms with Crippen LogP contribution >= 0.6 is 0 Å². The van der Waals surface area contributed by atoms with E-state index in [-0.39, 0.29) is 11.3 Å². The van der Waals surface area contributed by atoms with Gasteiger partial charge in [-0.15, -0.1) is 0 Å². The van der Waals surface area contributed by atoms with Crippen LogP contribution in [-0.2, 0) is 4.79 Å². The summed E-state index contributed by atoms with van der Waals surface area (Å²) in [6.45, 7) is 10.0. The smallest absolute Gasteiger partial charge is 0.310 e. The summed E-state index contributed by atoms with van der Waals surface area (Å²) in [7, 11) is 0. The van der Waals surface area contributed by atoms with E-state index in [1.165, 1.54) is 0 Å². The van der Waals surface area contributed by atoms with Crippen LogP contribution in [0.2, 0.25) is 0 Å². The van der Waals surface area contributed by atoms with Crippen molar-refractivity contribution < 1.29 is 9.90 Å². The second-order valence-electron chi connectivity index (χ2n) is 5.76. The molecule has 1 N–H and O–H groups in total. The summed E-state index contributed by atoms with van der Waals surface area (Å²) in [6.07, 6.45) is 6.90. The van der Waals surface area contributed by atoms with Gasteiger partial charge in [0.25, 0.3) is 0 Å². The molecule has 0 aromatic heterocycles. The zero-order valence-corrected chi connectivity index (χ0v) is 10.9. The van der Waals surface area contributed by atoms with Gasteiger partial charge in [0.2, 0.25) is 0 Å². The third-order valence-electron chi connectivity index (χ3n) is 3.68. The largest absolute Gasteiger partial charge is 0.481 e. The monoisotopic (exact) mass is 222 g/mol. The zero-order chi connectivity index (χ0) is 12.6. The molecule has 0 amide bonds. The van der Waals surface area contributed by atoms with E-state index in [0.29, 0.717) is 6.42 Å². The standard InChI is InChI=1S/C14H22O2/c1-6-10(2)11-7-8-13(3,4)9-14(11,5)12(15)16/h6-8,11H,9H2,1-5H3,(H,15,16)/b10-6+/t11?,14-/m1/s1. The first kappa shape index (κ1) is 13.0. The summed E-state index contributed by atoms with van der Waals surface area (Å²) < 4.78 is 0. The fraction of sp³-hybridized carbons (Fsp3) is 0.643. The number of carbonyl (C=O) groups is 1. The molecule has 0 heterocycles. The number of hydrogen-bond acceptors (Lipinski definition) is 1. The fourth-order valence-electron chi connectivity index (χ4n) is 2.73. The van der Waals surface area contributed by atoms with Crippen molar-refractivity contribution in [2.45, 2.75) is 41.0 Å². The molecule has 0 fully saturated rings. The van der Waals surface area contributed by atoms with E-state index in [2.05, 4.69) is 26.0 Å². The second-order valence-corrected chi connectivity index (χ2v) is 5.76. The number of aliphatic carboxylic acids is 1. The fourth-order valence-corrected chi connectivity index (χ4v) is 2.73. The van der Waals surface area contributed by atoms with Gasteiger partial charge < -0.3 is 5.11 Å². The van der Waals surface area contributed by atoms with Crippen LogP contribution in [0.15, 0.2) is 23.8 Å². The molecule has 1 aliphatic carbocycles. The molecule has 0 radical (unpaired) electrons. The molecule has 1 unspecified atom stereocenters. The Labute approximate surface area is 98.1 Å². The summed E-state index contributed by atoms with van der Waals surface area (Å²) in [5.41, 5.74) is 0.420. The summed E-state index contributed by atoms with van der Waals surface area (Å²) in [6, 6.07) is 0. The number of carboxylic acids is 1. The first-order valence-electron chi connectivity index (χ1n) is 5.78. The Hall–Kier alpha value is -1.05. The van der Waals surface area contributed by atoms with Gasteiger partial charge in [-0.05, 0) is 32.6 Å². The van der Waals surface area contributed by atoms with Gasteiger partial charge in [-0.1, -0.05) is 37.6 Å². The van der Waals surface area contributed by atoms with Gasteiger partial charge >= 0.3 is 5.97 Å². The number of allylic oxidation sites excluding steroid dienone is 4. The Bertz CT molecular complexity index is 350. The maximum Gasteiger partial charge on any atom is 0.310 e. The van der Waals surface area contributed by atoms with Crippen LogP contribution < -0.4 is 0 Å². The minimum atomic E-state index is -0.698. The summed E-state index contributed by atoms with van der Waals surface area (Å²) >= 11 is 0. The van der Waals surface area contributed by atoms with Crippen LogP contribution in [-0.4, -0.2) is 11.1 Å². The van der Waals surface area contributed by atoms with Crippen LogP contribution in [0, 0.1) is 16.7 Å². The molecule has 0 saturated carbocycles. The Morgan fingerprint density at radius 1 is 1.44 bits per heavy atom. The average molecular weight is 222 g/mol. The first-order chi connectivity index (χ1) is 7.23. The topological polar surface area (TPSA) is 37.3 Å². The van der Waals surface area contributed by atoms with Gasteiger partial charge in [0.05, 0.1) is 5.41 Å². The molecule has 0 bridgehead atoms. The van der Waals surface area contributed by atoms with Crippen LogP contribution in [0.3, 0.4) is 0 Å². The Morgan fingerprint density at radius 2 is 2.00 bits per heavy atom. The Balaban J connectivity index is 3.21. The van der Waals surface area contributed by atoms with E-state index < -0.39 is 11.4 Å². The predicted octanol–water partition coefficient (Wildman–Crippen LogP) is 3.65. The molecule has 0 spiro atoms. The highest BCUT2D eigenvalue weighted by molar-refractivity contribution is 5.76. The third-order valence-corrected chi connectivity index (χ3v) is 3.68. The van der Waals surface area contributed by atoms with Crippen molar-refractivity contribution in [3.8, 4) is 0 Å². The van der Waals surface area contributed by atoms with Gasteiger partial charge in [-0.3, -0.25) is 4.79 Å². The van der Waals surface area contributed by atoms with E-state index >= 15 is 0 Å². The molecular formula is C14H22O2. The molecule has 0 aromatic carbocycles. The van der Waals surface area contributed by atoms with E-state index in [1.807, 2.05) is 26.8 Å². The lowest BCUT2D eigenvalue weighted by Crippen LogP contribution is -2.41. The van der Waals surface area contributed by atoms with Crippen LogP contribution in [0.5, 0.6) is 0 Å². The van der Waals surface area contributed by atoms with E-state index in [0.717, 1.165) is 5.57 Å². The van der Waals surface area contributed by atoms with Gasteiger partial charge in [0.15, 0.2) is 0 Å². The van der Waals surface area contributed by atoms with Gasteiger partial charge in [-0.2, -0.15) is 0 Å². The Kier molecular flexibility index (Phi) is 3.32. The predicted molar refractivity (Wildman–Crippen MR) is 66.2 cm³/mol. The normalized spacial score (nSPS) is 33.8. The molecule has 1 aliphatic rings. The van der Waals surface area contributed by atoms with Crippen molar-refractivity contribution in [2.75, 3.05) is 0 Å². The highest BCUT2D eigenvalue weighted by atomic mass is 16.4. The van der Waals surface area contributed by atoms with Crippen molar-refractivity contribution in [1.29, 1.82) is 0 Å². The van der Waals surface area contributed by atoms with Crippen molar-refractivity contribution in [1.82, 2.24) is 0 Å². The average Bonchev–Trinajstić information content (AvgIpc) is 2.15. The third kappa shape index (κ3) is 2.21. The number of rotatable bonds is 2. The van der Waals surface area contributed by atoms with E-state index in [9.17, 15) is 9.90 Å². The van der Waals surface area contributed by atoms with Crippen molar-refractivity contribution >= 4 is 5.97 Å². The molecule has 0 saturated heterocycles. The van der Waals surface area contributed by atoms with Crippen molar-refractivity contribution in [3.63, 3.8) is 0 Å². The maximum atomic E-state index is 11.5. The minimum Gasteiger partial charge on any atom is -0.481 e. The summed E-state index contributed by atoms with van der Waals surface area (Å²) in [5, 5.41) is 9.48. The molecule has 2 heteroatoms. The van der Waals surface area contributed by atoms with Crippen molar-refractivity contribution in [2.24, 2.45) is 16.7 Å². The van der Waals surface area contributed by atoms with E-state index in [4.69, 9.17) is 0 Å². The second kappa shape index (κ2) is 4.08. The number of hydrogen-bond donors (Lipinski definition) is 1. The molecule has 16 heavy (non-hydrogen) atoms. The maximum absolute atomic E-state index is 11.5. The zero-order valence-electron chi connectivity index (χ0n) is 10.9. The SMILES string of the molecule is C/C=C(\C)C1C=CC(C)(C)C[C@@]1(C)C(=O)O. The minimum absolute atomic E-state index is 0.0167. The molecule has 2 atom stereocenters. The van der Waals surface area contributed by atoms with E-state index in [1.54, 1.807) is 0 Å². The molecule has 90 valence electrons. The van der Waals surface area contributed by atoms with Crippen LogP contribution in [0.4, 0.5) is 0 Å². The highest BCUT2D eigenvalue weighted by Gasteiger charge is 2.46. The summed E-state index contributed by atoms with van der Waals surface area (Å²) in [5.74, 6) is -0.681. The lowest BCUT2D eigenvalue weighted by atomic mass is 9.61. The van der Waals surface area contributed by atoms with Gasteiger partial charge in [0.1, 0.15) is 0 Å². The van der Waals surface area contributed by atoms with Crippen LogP contribution in [0.25, 0.3) is 0 Å². The molecular weight excluding hydrogens is 200 g/mol. The first-order valence-corrected chi connectivity index (χ1v) is 5.78. The molecule has 0 aliphatic heterocycles. The molecule has 2 nitrogen and oxygen atoms in total. The highest BCUT2D eigenvalue weighted by Crippen LogP contribution is 2.48. The van der Waals surface area contributed by atoms with Crippen molar-refractivity contribution in [3.05, 3.63) is 23.8 Å². The summed E-state index contributed by atoms with van der Waals surface area (Å²) in [4.78, 5) is 11.5. The van der Waals surface area contributed by atoms with Gasteiger partial charge in [-0.25, -0.2) is 0 Å². The number of carboxylic acid groups (broad SMARTS) is 1. The quantitative estimate of drug-likeness (QED) is 0.724. The lowest BCUT2D eigenvalue weighted by molar-refractivity contribution is -0.151. The Morgan fingerprint density at radius 3 is 2.44 bits per heavy atom. The lowest BCUT2D eigenvalue weighted by Gasteiger charge is -2.42. The van der Waals surface area contributed by atoms with Gasteiger partial charge in [0, 0.05) is 5.92 Å².